The summed E-state index contributed by atoms with van der Waals surface area (Å²) in [6, 6.07) is 21.4. The highest BCUT2D eigenvalue weighted by Crippen LogP contribution is 2.26. The molecule has 2 N–H and O–H groups in total. The van der Waals surface area contributed by atoms with Gasteiger partial charge < -0.3 is 5.32 Å². The smallest absolute Gasteiger partial charge is 0.304 e. The Bertz CT molecular complexity index is 1170. The quantitative estimate of drug-likeness (QED) is 0.613. The second kappa shape index (κ2) is 8.74. The number of aryl methyl sites for hydroxylation is 2. The van der Waals surface area contributed by atoms with Crippen LogP contribution in [-0.2, 0) is 4.79 Å². The topological polar surface area (TPSA) is 61.2 Å². The van der Waals surface area contributed by atoms with Crippen LogP contribution in [0.15, 0.2) is 72.8 Å². The van der Waals surface area contributed by atoms with Gasteiger partial charge in [0, 0.05) is 11.1 Å². The van der Waals surface area contributed by atoms with Gasteiger partial charge in [-0.1, -0.05) is 71.3 Å². The summed E-state index contributed by atoms with van der Waals surface area (Å²) in [5, 5.41) is 3.50. The van der Waals surface area contributed by atoms with Gasteiger partial charge in [0.1, 0.15) is 0 Å². The van der Waals surface area contributed by atoms with Crippen LogP contribution in [0.25, 0.3) is 0 Å². The van der Waals surface area contributed by atoms with Crippen molar-refractivity contribution in [3.05, 3.63) is 106 Å². The fourth-order valence-electron chi connectivity index (χ4n) is 3.68. The second-order valence-electron chi connectivity index (χ2n) is 7.71. The summed E-state index contributed by atoms with van der Waals surface area (Å²) >= 11 is 6.33. The van der Waals surface area contributed by atoms with E-state index in [1.165, 1.54) is 0 Å². The van der Waals surface area contributed by atoms with Crippen molar-refractivity contribution in [1.82, 2.24) is 10.7 Å². The average molecular weight is 433 g/mol. The van der Waals surface area contributed by atoms with E-state index in [9.17, 15) is 9.59 Å². The van der Waals surface area contributed by atoms with E-state index in [4.69, 9.17) is 11.6 Å². The Morgan fingerprint density at radius 3 is 2.45 bits per heavy atom. The largest absolute Gasteiger partial charge is 0.334 e. The number of carbonyl (C=O) groups excluding carboxylic acids is 2. The van der Waals surface area contributed by atoms with E-state index < -0.39 is 12.1 Å². The van der Waals surface area contributed by atoms with Crippen LogP contribution >= 0.6 is 11.6 Å². The van der Waals surface area contributed by atoms with E-state index in [0.29, 0.717) is 10.6 Å². The molecule has 0 radical (unpaired) electrons. The molecule has 0 aliphatic carbocycles. The maximum absolute atomic E-state index is 12.9. The van der Waals surface area contributed by atoms with Gasteiger partial charge in [-0.25, -0.2) is 0 Å². The number of benzene rings is 3. The van der Waals surface area contributed by atoms with E-state index in [1.807, 2.05) is 68.4 Å². The van der Waals surface area contributed by atoms with Crippen LogP contribution in [0.1, 0.15) is 38.7 Å². The van der Waals surface area contributed by atoms with Gasteiger partial charge in [-0.05, 0) is 38.1 Å². The molecule has 6 heteroatoms. The summed E-state index contributed by atoms with van der Waals surface area (Å²) in [7, 11) is 0. The molecule has 2 amide bonds. The first-order valence-corrected chi connectivity index (χ1v) is 10.4. The lowest BCUT2D eigenvalue weighted by atomic mass is 9.98. The van der Waals surface area contributed by atoms with E-state index in [2.05, 4.69) is 10.7 Å². The lowest BCUT2D eigenvalue weighted by molar-refractivity contribution is -0.596. The normalized spacial score (nSPS) is 19.3. The molecular formula is C25H23ClN3O2+. The Labute approximate surface area is 186 Å². The predicted molar refractivity (Wildman–Crippen MR) is 121 cm³/mol. The molecule has 2 atom stereocenters. The highest BCUT2D eigenvalue weighted by atomic mass is 35.5. The summed E-state index contributed by atoms with van der Waals surface area (Å²) < 4.78 is 1.72. The van der Waals surface area contributed by atoms with Crippen molar-refractivity contribution >= 4 is 29.6 Å². The zero-order valence-corrected chi connectivity index (χ0v) is 18.1. The third-order valence-electron chi connectivity index (χ3n) is 5.31. The molecular weight excluding hydrogens is 410 g/mol. The van der Waals surface area contributed by atoms with E-state index in [-0.39, 0.29) is 11.8 Å². The van der Waals surface area contributed by atoms with Gasteiger partial charge in [0.05, 0.1) is 10.6 Å². The Kier molecular flexibility index (Phi) is 5.87. The van der Waals surface area contributed by atoms with Crippen molar-refractivity contribution < 1.29 is 14.3 Å². The molecule has 1 saturated heterocycles. The van der Waals surface area contributed by atoms with Gasteiger partial charge in [-0.3, -0.25) is 9.59 Å². The molecule has 0 bridgehead atoms. The number of carbonyl (C=O) groups is 2. The van der Waals surface area contributed by atoms with Gasteiger partial charge in [-0.2, -0.15) is 0 Å². The minimum atomic E-state index is -0.769. The molecule has 0 spiro atoms. The minimum Gasteiger partial charge on any atom is -0.334 e. The first-order valence-electron chi connectivity index (χ1n) is 10.0. The van der Waals surface area contributed by atoms with E-state index in [1.54, 1.807) is 29.1 Å². The molecule has 4 rings (SSSR count). The number of nitrogens with one attached hydrogen (secondary N) is 2. The standard InChI is InChI=1S/C25H22ClN3O2/c1-16-10-12-18(13-11-16)23-22(27-24(30)19-8-5-6-17(2)14-19)25(31)28-29(23)15-20-7-3-4-9-21(20)26/h3-15,22-23H,1-2H3,(H-,27,28,30,31)/p+1/b29-15-/t22-,23-/m0/s1. The SMILES string of the molecule is Cc1ccc([C@H]2[C@H](NC(=O)c3cccc(C)c3)C(=O)N/[N+]2=C\c2ccccc2Cl)cc1. The molecule has 1 fully saturated rings. The van der Waals surface area contributed by atoms with E-state index in [0.717, 1.165) is 22.3 Å². The number of hydrazone groups is 1. The number of halogens is 1. The Hall–Kier alpha value is -3.44. The molecule has 1 heterocycles. The van der Waals surface area contributed by atoms with Crippen molar-refractivity contribution in [2.75, 3.05) is 0 Å². The average Bonchev–Trinajstić information content (AvgIpc) is 3.05. The maximum atomic E-state index is 12.9. The molecule has 1 aliphatic heterocycles. The molecule has 3 aromatic rings. The molecule has 0 saturated carbocycles. The fourth-order valence-corrected chi connectivity index (χ4v) is 3.87. The van der Waals surface area contributed by atoms with Crippen LogP contribution in [-0.4, -0.2) is 28.8 Å². The molecule has 31 heavy (non-hydrogen) atoms. The highest BCUT2D eigenvalue weighted by molar-refractivity contribution is 6.32. The highest BCUT2D eigenvalue weighted by Gasteiger charge is 2.47. The fraction of sp³-hybridized carbons (Fsp3) is 0.160. The summed E-state index contributed by atoms with van der Waals surface area (Å²) in [4.78, 5) is 25.8. The van der Waals surface area contributed by atoms with Gasteiger partial charge in [-0.15, -0.1) is 10.1 Å². The number of rotatable bonds is 4. The first-order chi connectivity index (χ1) is 14.9. The monoisotopic (exact) mass is 432 g/mol. The molecule has 156 valence electrons. The van der Waals surface area contributed by atoms with Crippen molar-refractivity contribution in [2.24, 2.45) is 0 Å². The number of hydrogen-bond donors (Lipinski definition) is 2. The molecule has 0 unspecified atom stereocenters. The van der Waals surface area contributed by atoms with Crippen molar-refractivity contribution in [1.29, 1.82) is 0 Å². The summed E-state index contributed by atoms with van der Waals surface area (Å²) in [5.41, 5.74) is 7.16. The Balaban J connectivity index is 1.72. The zero-order valence-electron chi connectivity index (χ0n) is 17.3. The van der Waals surface area contributed by atoms with Crippen LogP contribution in [0.5, 0.6) is 0 Å². The summed E-state index contributed by atoms with van der Waals surface area (Å²) in [6.45, 7) is 3.93. The third kappa shape index (κ3) is 4.52. The number of hydrazine groups is 1. The molecule has 3 aromatic carbocycles. The second-order valence-corrected chi connectivity index (χ2v) is 8.12. The van der Waals surface area contributed by atoms with E-state index >= 15 is 0 Å². The van der Waals surface area contributed by atoms with Crippen molar-refractivity contribution in [2.45, 2.75) is 25.9 Å². The number of amides is 2. The number of nitrogens with zero attached hydrogens (tertiary/aromatic N) is 1. The van der Waals surface area contributed by atoms with Crippen LogP contribution < -0.4 is 10.7 Å². The van der Waals surface area contributed by atoms with Crippen LogP contribution in [0.2, 0.25) is 5.02 Å². The summed E-state index contributed by atoms with van der Waals surface area (Å²) in [6.07, 6.45) is 1.80. The van der Waals surface area contributed by atoms with Gasteiger partial charge >= 0.3 is 5.91 Å². The predicted octanol–water partition coefficient (Wildman–Crippen LogP) is 3.97. The molecule has 5 nitrogen and oxygen atoms in total. The summed E-state index contributed by atoms with van der Waals surface area (Å²) in [5.74, 6) is -0.574. The lowest BCUT2D eigenvalue weighted by Gasteiger charge is -2.15. The molecule has 0 aromatic heterocycles. The zero-order chi connectivity index (χ0) is 22.0. The van der Waals surface area contributed by atoms with Crippen LogP contribution in [0.4, 0.5) is 0 Å². The molecule has 1 aliphatic rings. The van der Waals surface area contributed by atoms with Crippen molar-refractivity contribution in [3.63, 3.8) is 0 Å². The van der Waals surface area contributed by atoms with Gasteiger partial charge in [0.25, 0.3) is 5.91 Å². The maximum Gasteiger partial charge on any atom is 0.304 e. The van der Waals surface area contributed by atoms with Gasteiger partial charge in [0.2, 0.25) is 12.3 Å². The van der Waals surface area contributed by atoms with Gasteiger partial charge in [0.15, 0.2) is 6.04 Å². The lowest BCUT2D eigenvalue weighted by Crippen LogP contribution is -2.42. The van der Waals surface area contributed by atoms with Crippen LogP contribution in [0, 0.1) is 13.8 Å². The van der Waals surface area contributed by atoms with Crippen molar-refractivity contribution in [3.8, 4) is 0 Å². The van der Waals surface area contributed by atoms with Crippen LogP contribution in [0.3, 0.4) is 0 Å². The first kappa shape index (κ1) is 20.8. The Morgan fingerprint density at radius 2 is 1.74 bits per heavy atom. The number of hydrogen-bond acceptors (Lipinski definition) is 2. The minimum absolute atomic E-state index is 0.283. The Morgan fingerprint density at radius 1 is 1.00 bits per heavy atom. The third-order valence-corrected chi connectivity index (χ3v) is 5.65.